The van der Waals surface area contributed by atoms with Gasteiger partial charge in [0.15, 0.2) is 11.8 Å². The SMILES string of the molecule is Cc1cccc(NC(=O)COc2ccc(Br)cc2/C=C2\SC(N)=NC2=O)c1. The first-order chi connectivity index (χ1) is 12.9. The molecule has 8 heteroatoms. The van der Waals surface area contributed by atoms with Crippen molar-refractivity contribution in [1.29, 1.82) is 0 Å². The number of aliphatic imine (C=N–C) groups is 1. The van der Waals surface area contributed by atoms with Crippen LogP contribution >= 0.6 is 27.7 Å². The summed E-state index contributed by atoms with van der Waals surface area (Å²) in [6.45, 7) is 1.79. The number of rotatable bonds is 5. The second kappa shape index (κ2) is 8.41. The summed E-state index contributed by atoms with van der Waals surface area (Å²) in [6.07, 6.45) is 1.65. The molecule has 138 valence electrons. The van der Waals surface area contributed by atoms with E-state index in [1.165, 1.54) is 0 Å². The monoisotopic (exact) mass is 445 g/mol. The smallest absolute Gasteiger partial charge is 0.286 e. The Balaban J connectivity index is 1.71. The molecule has 0 aromatic heterocycles. The van der Waals surface area contributed by atoms with Crippen LogP contribution < -0.4 is 15.8 Å². The molecule has 1 heterocycles. The molecule has 1 aliphatic rings. The number of benzene rings is 2. The molecule has 2 aromatic carbocycles. The molecule has 0 radical (unpaired) electrons. The third kappa shape index (κ3) is 5.21. The second-order valence-corrected chi connectivity index (χ2v) is 7.73. The van der Waals surface area contributed by atoms with Crippen molar-refractivity contribution in [3.63, 3.8) is 0 Å². The number of halogens is 1. The predicted octanol–water partition coefficient (Wildman–Crippen LogP) is 3.70. The number of nitrogens with zero attached hydrogens (tertiary/aromatic N) is 1. The van der Waals surface area contributed by atoms with E-state index in [0.717, 1.165) is 21.8 Å². The first-order valence-electron chi connectivity index (χ1n) is 7.97. The Morgan fingerprint density at radius 1 is 1.33 bits per heavy atom. The Kier molecular flexibility index (Phi) is 5.98. The fourth-order valence-corrected chi connectivity index (χ4v) is 3.45. The van der Waals surface area contributed by atoms with Gasteiger partial charge in [0.25, 0.3) is 11.8 Å². The Morgan fingerprint density at radius 3 is 2.85 bits per heavy atom. The summed E-state index contributed by atoms with van der Waals surface area (Å²) in [5, 5.41) is 3.00. The number of thioether (sulfide) groups is 1. The molecule has 3 N–H and O–H groups in total. The van der Waals surface area contributed by atoms with E-state index in [1.54, 1.807) is 24.3 Å². The standard InChI is InChI=1S/C19H16BrN3O3S/c1-11-3-2-4-14(7-11)22-17(24)10-26-15-6-5-13(20)8-12(15)9-16-18(25)23-19(21)27-16/h2-9H,10H2,1H3,(H,22,24)(H2,21,23,25)/b16-9-. The van der Waals surface area contributed by atoms with Gasteiger partial charge in [0.05, 0.1) is 4.91 Å². The van der Waals surface area contributed by atoms with Crippen LogP contribution in [0.25, 0.3) is 6.08 Å². The predicted molar refractivity (Wildman–Crippen MR) is 112 cm³/mol. The van der Waals surface area contributed by atoms with Crippen molar-refractivity contribution in [2.45, 2.75) is 6.92 Å². The average molecular weight is 446 g/mol. The first kappa shape index (κ1) is 19.2. The molecule has 0 bridgehead atoms. The molecule has 0 saturated carbocycles. The molecule has 0 atom stereocenters. The Hall–Kier alpha value is -2.58. The number of hydrogen-bond acceptors (Lipinski definition) is 5. The molecule has 2 aromatic rings. The Bertz CT molecular complexity index is 972. The summed E-state index contributed by atoms with van der Waals surface area (Å²) in [5.41, 5.74) is 7.99. The molecule has 0 spiro atoms. The summed E-state index contributed by atoms with van der Waals surface area (Å²) in [5.74, 6) is -0.189. The van der Waals surface area contributed by atoms with Crippen LogP contribution in [-0.4, -0.2) is 23.6 Å². The zero-order chi connectivity index (χ0) is 19.4. The fourth-order valence-electron chi connectivity index (χ4n) is 2.39. The topological polar surface area (TPSA) is 93.8 Å². The van der Waals surface area contributed by atoms with Crippen molar-refractivity contribution in [2.75, 3.05) is 11.9 Å². The van der Waals surface area contributed by atoms with Crippen molar-refractivity contribution in [3.8, 4) is 5.75 Å². The minimum atomic E-state index is -0.388. The van der Waals surface area contributed by atoms with Gasteiger partial charge in [-0.05, 0) is 60.7 Å². The van der Waals surface area contributed by atoms with Crippen LogP contribution in [0.5, 0.6) is 5.75 Å². The quantitative estimate of drug-likeness (QED) is 0.684. The number of aryl methyl sites for hydroxylation is 1. The minimum Gasteiger partial charge on any atom is -0.483 e. The number of amides is 2. The van der Waals surface area contributed by atoms with Gasteiger partial charge in [-0.15, -0.1) is 0 Å². The molecule has 0 aliphatic carbocycles. The summed E-state index contributed by atoms with van der Waals surface area (Å²) in [6, 6.07) is 12.8. The number of hydrogen-bond donors (Lipinski definition) is 2. The summed E-state index contributed by atoms with van der Waals surface area (Å²) in [7, 11) is 0. The third-order valence-corrected chi connectivity index (χ3v) is 4.86. The van der Waals surface area contributed by atoms with Crippen LogP contribution in [-0.2, 0) is 9.59 Å². The first-order valence-corrected chi connectivity index (χ1v) is 9.58. The number of carbonyl (C=O) groups is 2. The Morgan fingerprint density at radius 2 is 2.15 bits per heavy atom. The second-order valence-electron chi connectivity index (χ2n) is 5.75. The van der Waals surface area contributed by atoms with Gasteiger partial charge in [-0.2, -0.15) is 4.99 Å². The molecule has 3 rings (SSSR count). The van der Waals surface area contributed by atoms with E-state index < -0.39 is 0 Å². The van der Waals surface area contributed by atoms with Gasteiger partial charge in [0.2, 0.25) is 0 Å². The number of carbonyl (C=O) groups excluding carboxylic acids is 2. The van der Waals surface area contributed by atoms with Crippen LogP contribution in [0.15, 0.2) is 56.8 Å². The van der Waals surface area contributed by atoms with Gasteiger partial charge in [0.1, 0.15) is 5.75 Å². The summed E-state index contributed by atoms with van der Waals surface area (Å²) < 4.78 is 6.48. The van der Waals surface area contributed by atoms with Gasteiger partial charge in [0, 0.05) is 15.7 Å². The molecular formula is C19H16BrN3O3S. The normalized spacial score (nSPS) is 15.0. The highest BCUT2D eigenvalue weighted by Gasteiger charge is 2.20. The highest BCUT2D eigenvalue weighted by Crippen LogP contribution is 2.31. The van der Waals surface area contributed by atoms with E-state index in [-0.39, 0.29) is 23.6 Å². The van der Waals surface area contributed by atoms with Crippen molar-refractivity contribution in [2.24, 2.45) is 10.7 Å². The van der Waals surface area contributed by atoms with Crippen LogP contribution in [0.1, 0.15) is 11.1 Å². The van der Waals surface area contributed by atoms with Gasteiger partial charge in [-0.1, -0.05) is 28.1 Å². The van der Waals surface area contributed by atoms with Crippen LogP contribution in [0.2, 0.25) is 0 Å². The van der Waals surface area contributed by atoms with E-state index >= 15 is 0 Å². The van der Waals surface area contributed by atoms with E-state index in [4.69, 9.17) is 10.5 Å². The van der Waals surface area contributed by atoms with Crippen molar-refractivity contribution in [3.05, 3.63) is 63.0 Å². The maximum atomic E-state index is 12.2. The third-order valence-electron chi connectivity index (χ3n) is 3.56. The summed E-state index contributed by atoms with van der Waals surface area (Å²) >= 11 is 4.49. The maximum absolute atomic E-state index is 12.2. The number of ether oxygens (including phenoxy) is 1. The number of anilines is 1. The number of nitrogens with one attached hydrogen (secondary N) is 1. The Labute approximate surface area is 169 Å². The average Bonchev–Trinajstić information content (AvgIpc) is 2.91. The fraction of sp³-hybridized carbons (Fsp3) is 0.105. The lowest BCUT2D eigenvalue weighted by atomic mass is 10.2. The highest BCUT2D eigenvalue weighted by molar-refractivity contribution is 9.10. The van der Waals surface area contributed by atoms with E-state index in [1.807, 2.05) is 31.2 Å². The van der Waals surface area contributed by atoms with Crippen molar-refractivity contribution >= 4 is 56.4 Å². The van der Waals surface area contributed by atoms with E-state index in [2.05, 4.69) is 26.2 Å². The lowest BCUT2D eigenvalue weighted by Crippen LogP contribution is -2.20. The van der Waals surface area contributed by atoms with Crippen LogP contribution in [0, 0.1) is 6.92 Å². The largest absolute Gasteiger partial charge is 0.483 e. The highest BCUT2D eigenvalue weighted by atomic mass is 79.9. The van der Waals surface area contributed by atoms with Gasteiger partial charge in [-0.3, -0.25) is 9.59 Å². The maximum Gasteiger partial charge on any atom is 0.286 e. The molecule has 6 nitrogen and oxygen atoms in total. The van der Waals surface area contributed by atoms with Gasteiger partial charge in [-0.25, -0.2) is 0 Å². The zero-order valence-corrected chi connectivity index (χ0v) is 16.8. The van der Waals surface area contributed by atoms with Crippen molar-refractivity contribution < 1.29 is 14.3 Å². The van der Waals surface area contributed by atoms with Gasteiger partial charge < -0.3 is 15.8 Å². The van der Waals surface area contributed by atoms with Crippen LogP contribution in [0.3, 0.4) is 0 Å². The summed E-state index contributed by atoms with van der Waals surface area (Å²) in [4.78, 5) is 28.1. The lowest BCUT2D eigenvalue weighted by molar-refractivity contribution is -0.118. The van der Waals surface area contributed by atoms with E-state index in [0.29, 0.717) is 21.9 Å². The van der Waals surface area contributed by atoms with Gasteiger partial charge >= 0.3 is 0 Å². The molecule has 0 saturated heterocycles. The number of amidine groups is 1. The molecule has 2 amide bonds. The molecule has 27 heavy (non-hydrogen) atoms. The number of nitrogens with two attached hydrogens (primary N) is 1. The minimum absolute atomic E-state index is 0.161. The molecule has 1 aliphatic heterocycles. The molecule has 0 unspecified atom stereocenters. The molecular weight excluding hydrogens is 430 g/mol. The van der Waals surface area contributed by atoms with Crippen LogP contribution in [0.4, 0.5) is 5.69 Å². The van der Waals surface area contributed by atoms with E-state index in [9.17, 15) is 9.59 Å². The zero-order valence-electron chi connectivity index (χ0n) is 14.4. The lowest BCUT2D eigenvalue weighted by Gasteiger charge is -2.11. The van der Waals surface area contributed by atoms with Crippen molar-refractivity contribution in [1.82, 2.24) is 0 Å². The molecule has 0 fully saturated rings.